The monoisotopic (exact) mass is 301 g/mol. The molecule has 0 aliphatic carbocycles. The van der Waals surface area contributed by atoms with Gasteiger partial charge in [-0.25, -0.2) is 26.7 Å². The molecule has 0 saturated carbocycles. The number of azo groups is 1. The van der Waals surface area contributed by atoms with Crippen LogP contribution in [0, 0.1) is 29.1 Å². The lowest BCUT2D eigenvalue weighted by Crippen LogP contribution is -2.21. The highest BCUT2D eigenvalue weighted by molar-refractivity contribution is 6.18. The average molecular weight is 302 g/mol. The molecule has 0 heterocycles. The van der Waals surface area contributed by atoms with Gasteiger partial charge >= 0.3 is 6.03 Å². The largest absolute Gasteiger partial charge is 0.359 e. The fourth-order valence-electron chi connectivity index (χ4n) is 0.966. The molecule has 0 saturated heterocycles. The van der Waals surface area contributed by atoms with Crippen molar-refractivity contribution in [1.82, 2.24) is 5.32 Å². The summed E-state index contributed by atoms with van der Waals surface area (Å²) >= 11 is 5.22. The quantitative estimate of drug-likeness (QED) is 0.300. The molecule has 0 aliphatic heterocycles. The van der Waals surface area contributed by atoms with E-state index >= 15 is 0 Å². The van der Waals surface area contributed by atoms with E-state index in [0.29, 0.717) is 0 Å². The summed E-state index contributed by atoms with van der Waals surface area (Å²) in [5.41, 5.74) is -1.54. The van der Waals surface area contributed by atoms with Crippen LogP contribution in [0.1, 0.15) is 0 Å². The van der Waals surface area contributed by atoms with Crippen molar-refractivity contribution >= 4 is 23.3 Å². The van der Waals surface area contributed by atoms with E-state index in [2.05, 4.69) is 10.2 Å². The second-order valence-corrected chi connectivity index (χ2v) is 3.42. The van der Waals surface area contributed by atoms with Crippen molar-refractivity contribution in [3.63, 3.8) is 0 Å². The Labute approximate surface area is 108 Å². The Morgan fingerprint density at radius 3 is 1.95 bits per heavy atom. The van der Waals surface area contributed by atoms with Gasteiger partial charge in [0.2, 0.25) is 5.82 Å². The van der Waals surface area contributed by atoms with Gasteiger partial charge in [-0.15, -0.1) is 16.7 Å². The van der Waals surface area contributed by atoms with Crippen LogP contribution in [0.2, 0.25) is 0 Å². The van der Waals surface area contributed by atoms with E-state index < -0.39 is 40.8 Å². The number of hydrogen-bond acceptors (Lipinski definition) is 2. The van der Waals surface area contributed by atoms with Gasteiger partial charge in [-0.3, -0.25) is 0 Å². The van der Waals surface area contributed by atoms with Crippen molar-refractivity contribution in [2.45, 2.75) is 0 Å². The Morgan fingerprint density at radius 1 is 1.00 bits per heavy atom. The molecule has 1 aromatic rings. The number of carbonyl (C=O) groups is 1. The highest BCUT2D eigenvalue weighted by Crippen LogP contribution is 2.29. The number of benzene rings is 1. The highest BCUT2D eigenvalue weighted by atomic mass is 35.5. The van der Waals surface area contributed by atoms with Crippen LogP contribution in [0.4, 0.5) is 32.4 Å². The predicted molar refractivity (Wildman–Crippen MR) is 54.9 cm³/mol. The van der Waals surface area contributed by atoms with Crippen molar-refractivity contribution in [3.05, 3.63) is 29.1 Å². The molecular formula is C9H5ClF5N3O. The second-order valence-electron chi connectivity index (χ2n) is 3.04. The summed E-state index contributed by atoms with van der Waals surface area (Å²) in [5, 5.41) is 7.48. The van der Waals surface area contributed by atoms with Gasteiger partial charge in [0.15, 0.2) is 29.0 Å². The highest BCUT2D eigenvalue weighted by Gasteiger charge is 2.25. The smallest absolute Gasteiger partial charge is 0.334 e. The van der Waals surface area contributed by atoms with Crippen LogP contribution >= 0.6 is 11.6 Å². The van der Waals surface area contributed by atoms with Gasteiger partial charge in [-0.2, -0.15) is 0 Å². The number of carbonyl (C=O) groups excluding carboxylic acids is 1. The zero-order chi connectivity index (χ0) is 14.6. The maximum atomic E-state index is 13.1. The third-order valence-electron chi connectivity index (χ3n) is 1.80. The number of nitrogens with one attached hydrogen (secondary N) is 1. The molecule has 4 nitrogen and oxygen atoms in total. The van der Waals surface area contributed by atoms with Crippen molar-refractivity contribution in [3.8, 4) is 0 Å². The molecule has 19 heavy (non-hydrogen) atoms. The molecule has 0 fully saturated rings. The lowest BCUT2D eigenvalue weighted by molar-refractivity contribution is 0.248. The van der Waals surface area contributed by atoms with E-state index in [4.69, 9.17) is 11.6 Å². The Bertz CT molecular complexity index is 508. The van der Waals surface area contributed by atoms with Gasteiger partial charge in [0.25, 0.3) is 0 Å². The van der Waals surface area contributed by atoms with Crippen molar-refractivity contribution in [1.29, 1.82) is 0 Å². The molecule has 0 atom stereocenters. The standard InChI is InChI=1S/C9H5ClF5N3O/c10-1-2-16-9(19)18-17-8-6(14)4(12)3(11)5(13)7(8)15/h1-2H2,(H,16,19). The Kier molecular flexibility index (Phi) is 5.16. The van der Waals surface area contributed by atoms with E-state index in [-0.39, 0.29) is 12.4 Å². The summed E-state index contributed by atoms with van der Waals surface area (Å²) in [6, 6.07) is -1.13. The summed E-state index contributed by atoms with van der Waals surface area (Å²) in [5.74, 6) is -11.0. The Balaban J connectivity index is 3.08. The second kappa shape index (κ2) is 6.41. The van der Waals surface area contributed by atoms with Crippen LogP contribution in [0.25, 0.3) is 0 Å². The first-order chi connectivity index (χ1) is 8.90. The minimum atomic E-state index is -2.32. The Morgan fingerprint density at radius 2 is 1.47 bits per heavy atom. The van der Waals surface area contributed by atoms with E-state index in [9.17, 15) is 26.7 Å². The van der Waals surface area contributed by atoms with Crippen LogP contribution in [0.3, 0.4) is 0 Å². The van der Waals surface area contributed by atoms with E-state index in [1.807, 2.05) is 5.32 Å². The van der Waals surface area contributed by atoms with Gasteiger partial charge in [0.1, 0.15) is 0 Å². The number of rotatable bonds is 3. The maximum Gasteiger partial charge on any atom is 0.359 e. The molecule has 0 bridgehead atoms. The number of alkyl halides is 1. The first kappa shape index (κ1) is 15.3. The van der Waals surface area contributed by atoms with Crippen LogP contribution in [0.15, 0.2) is 10.2 Å². The Hall–Kier alpha value is -1.77. The maximum absolute atomic E-state index is 13.1. The summed E-state index contributed by atoms with van der Waals surface area (Å²) in [7, 11) is 0. The number of urea groups is 1. The third-order valence-corrected chi connectivity index (χ3v) is 1.99. The molecule has 0 aliphatic rings. The van der Waals surface area contributed by atoms with Crippen molar-refractivity contribution in [2.24, 2.45) is 10.2 Å². The summed E-state index contributed by atoms with van der Waals surface area (Å²) in [4.78, 5) is 10.9. The minimum absolute atomic E-state index is 0.00346. The molecule has 1 N–H and O–H groups in total. The molecule has 2 amide bonds. The van der Waals surface area contributed by atoms with Crippen molar-refractivity contribution in [2.75, 3.05) is 12.4 Å². The van der Waals surface area contributed by atoms with Gasteiger partial charge in [-0.1, -0.05) is 5.11 Å². The van der Waals surface area contributed by atoms with Gasteiger partial charge in [-0.05, 0) is 0 Å². The van der Waals surface area contributed by atoms with Crippen molar-refractivity contribution < 1.29 is 26.7 Å². The fourth-order valence-corrected chi connectivity index (χ4v) is 1.06. The number of halogens is 6. The third kappa shape index (κ3) is 3.37. The molecule has 10 heteroatoms. The number of amides is 2. The fraction of sp³-hybridized carbons (Fsp3) is 0.222. The van der Waals surface area contributed by atoms with E-state index in [1.165, 1.54) is 0 Å². The zero-order valence-corrected chi connectivity index (χ0v) is 9.74. The molecule has 0 unspecified atom stereocenters. The van der Waals surface area contributed by atoms with E-state index in [0.717, 1.165) is 0 Å². The molecular weight excluding hydrogens is 297 g/mol. The summed E-state index contributed by atoms with van der Waals surface area (Å²) < 4.78 is 64.3. The van der Waals surface area contributed by atoms with Crippen LogP contribution in [0.5, 0.6) is 0 Å². The van der Waals surface area contributed by atoms with E-state index in [1.54, 1.807) is 0 Å². The summed E-state index contributed by atoms with van der Waals surface area (Å²) in [6.45, 7) is -0.00346. The minimum Gasteiger partial charge on any atom is -0.334 e. The van der Waals surface area contributed by atoms with Gasteiger partial charge < -0.3 is 5.32 Å². The first-order valence-electron chi connectivity index (χ1n) is 4.67. The topological polar surface area (TPSA) is 53.8 Å². The van der Waals surface area contributed by atoms with Crippen LogP contribution in [-0.4, -0.2) is 18.5 Å². The first-order valence-corrected chi connectivity index (χ1v) is 5.20. The number of nitrogens with zero attached hydrogens (tertiary/aromatic N) is 2. The molecule has 1 rings (SSSR count). The predicted octanol–water partition coefficient (Wildman–Crippen LogP) is 3.41. The molecule has 104 valence electrons. The lowest BCUT2D eigenvalue weighted by atomic mass is 10.2. The normalized spacial score (nSPS) is 11.1. The molecule has 0 aromatic heterocycles. The molecule has 1 aromatic carbocycles. The molecule has 0 spiro atoms. The van der Waals surface area contributed by atoms with Gasteiger partial charge in [0.05, 0.1) is 0 Å². The lowest BCUT2D eigenvalue weighted by Gasteiger charge is -2.02. The SMILES string of the molecule is O=C(N=Nc1c(F)c(F)c(F)c(F)c1F)NCCCl. The van der Waals surface area contributed by atoms with Crippen LogP contribution in [-0.2, 0) is 0 Å². The zero-order valence-electron chi connectivity index (χ0n) is 8.98. The van der Waals surface area contributed by atoms with Crippen LogP contribution < -0.4 is 5.32 Å². The van der Waals surface area contributed by atoms with Gasteiger partial charge in [0, 0.05) is 12.4 Å². The molecule has 0 radical (unpaired) electrons. The summed E-state index contributed by atoms with van der Waals surface area (Å²) in [6.07, 6.45) is 0. The number of hydrogen-bond donors (Lipinski definition) is 1. The average Bonchev–Trinajstić information content (AvgIpc) is 2.40.